The Bertz CT molecular complexity index is 3260. The molecular weight excluding hydrogens is 1040 g/mol. The molecule has 3 aliphatic rings. The van der Waals surface area contributed by atoms with Crippen molar-refractivity contribution in [3.8, 4) is 11.5 Å². The van der Waals surface area contributed by atoms with E-state index >= 15 is 0 Å². The van der Waals surface area contributed by atoms with Crippen molar-refractivity contribution >= 4 is 125 Å². The topological polar surface area (TPSA) is 270 Å². The molecule has 19 nitrogen and oxygen atoms in total. The highest BCUT2D eigenvalue weighted by Gasteiger charge is 2.36. The Morgan fingerprint density at radius 1 is 0.649 bits per heavy atom. The molecule has 3 heterocycles. The second-order valence-corrected chi connectivity index (χ2v) is 20.5. The summed E-state index contributed by atoms with van der Waals surface area (Å²) in [7, 11) is -10.0. The zero-order valence-corrected chi connectivity index (χ0v) is 42.6. The third-order valence-corrected chi connectivity index (χ3v) is 14.2. The lowest BCUT2D eigenvalue weighted by atomic mass is 9.95. The van der Waals surface area contributed by atoms with Gasteiger partial charge >= 0.3 is 15.6 Å². The minimum absolute atomic E-state index is 0.0137. The van der Waals surface area contributed by atoms with E-state index in [1.807, 2.05) is 0 Å². The fourth-order valence-corrected chi connectivity index (χ4v) is 10.7. The summed E-state index contributed by atoms with van der Waals surface area (Å²) in [4.78, 5) is 121. The standard InChI is InChI=1S/C51H49Cl2N5O14P2/c52-27-33-29-57(40-25-42(71-73(65,66)67)35-8-3-5-10-37(35)50(33)40)48(63)17-14-31-13-15-32(39(24-31)55-45(60)21-22-54-44(59)12-2-1-7-23-56-46(61)19-20-47(56)62)16-18-49(64)58-30-34(28-53)51-38-11-6-4-9-36(38)43(26-41(51)58)72-74(68,69)70/h3-6,8-11,13-20,24-26,33-34H,1-2,7,12,21-23,27-30H2,(H,54,59)(H,55,60)(H2,65,66,67)(H2,68,69,70)/t33-,34-/m1/s1. The molecule has 3 aliphatic heterocycles. The summed E-state index contributed by atoms with van der Waals surface area (Å²) in [5.74, 6) is -3.20. The first-order valence-corrected chi connectivity index (χ1v) is 27.4. The Labute approximate surface area is 433 Å². The monoisotopic (exact) mass is 1090 g/mol. The van der Waals surface area contributed by atoms with Crippen LogP contribution in [0.1, 0.15) is 66.2 Å². The van der Waals surface area contributed by atoms with Crippen LogP contribution in [0.25, 0.3) is 33.7 Å². The molecule has 0 aliphatic carbocycles. The predicted molar refractivity (Wildman–Crippen MR) is 280 cm³/mol. The average Bonchev–Trinajstić information content (AvgIpc) is 4.03. The zero-order chi connectivity index (χ0) is 52.9. The van der Waals surface area contributed by atoms with Crippen LogP contribution >= 0.6 is 38.8 Å². The quantitative estimate of drug-likeness (QED) is 0.0144. The molecule has 0 bridgehead atoms. The molecule has 6 amide bonds. The fraction of sp³-hybridized carbons (Fsp3) is 0.255. The molecule has 0 aromatic heterocycles. The Kier molecular flexibility index (Phi) is 16.6. The number of hydrogen-bond donors (Lipinski definition) is 6. The lowest BCUT2D eigenvalue weighted by Crippen LogP contribution is -2.31. The van der Waals surface area contributed by atoms with Gasteiger partial charge < -0.3 is 29.5 Å². The summed E-state index contributed by atoms with van der Waals surface area (Å²) in [5.41, 5.74) is 3.16. The Balaban J connectivity index is 1.02. The van der Waals surface area contributed by atoms with E-state index in [0.29, 0.717) is 74.4 Å². The summed E-state index contributed by atoms with van der Waals surface area (Å²) in [6.45, 7) is 0.531. The van der Waals surface area contributed by atoms with Gasteiger partial charge in [0.15, 0.2) is 0 Å². The van der Waals surface area contributed by atoms with Gasteiger partial charge in [-0.05, 0) is 64.1 Å². The predicted octanol–water partition coefficient (Wildman–Crippen LogP) is 7.63. The highest BCUT2D eigenvalue weighted by Crippen LogP contribution is 2.51. The summed E-state index contributed by atoms with van der Waals surface area (Å²) in [6.07, 6.45) is 9.61. The number of carbonyl (C=O) groups is 6. The lowest BCUT2D eigenvalue weighted by Gasteiger charge is -2.18. The van der Waals surface area contributed by atoms with Crippen LogP contribution in [0.2, 0.25) is 0 Å². The largest absolute Gasteiger partial charge is 0.524 e. The summed E-state index contributed by atoms with van der Waals surface area (Å²) >= 11 is 12.8. The average molecular weight is 1090 g/mol. The van der Waals surface area contributed by atoms with Gasteiger partial charge in [0, 0.05) is 116 Å². The summed E-state index contributed by atoms with van der Waals surface area (Å²) in [5, 5.41) is 7.63. The van der Waals surface area contributed by atoms with Gasteiger partial charge in [-0.1, -0.05) is 67.1 Å². The van der Waals surface area contributed by atoms with Crippen molar-refractivity contribution in [1.82, 2.24) is 10.2 Å². The van der Waals surface area contributed by atoms with E-state index in [1.54, 1.807) is 66.7 Å². The number of halogens is 2. The minimum Gasteiger partial charge on any atom is -0.404 e. The maximum atomic E-state index is 14.1. The molecule has 5 aromatic rings. The Morgan fingerprint density at radius 2 is 1.16 bits per heavy atom. The number of benzene rings is 5. The number of nitrogens with one attached hydrogen (secondary N) is 2. The molecule has 0 unspecified atom stereocenters. The third-order valence-electron chi connectivity index (χ3n) is 12.6. The Morgan fingerprint density at radius 3 is 1.68 bits per heavy atom. The van der Waals surface area contributed by atoms with Gasteiger partial charge in [-0.15, -0.1) is 23.2 Å². The summed E-state index contributed by atoms with van der Waals surface area (Å²) < 4.78 is 34.1. The van der Waals surface area contributed by atoms with Crippen molar-refractivity contribution in [2.24, 2.45) is 0 Å². The number of amides is 6. The van der Waals surface area contributed by atoms with Crippen molar-refractivity contribution < 1.29 is 66.5 Å². The molecular formula is C51H49Cl2N5O14P2. The van der Waals surface area contributed by atoms with Crippen molar-refractivity contribution in [2.45, 2.75) is 43.9 Å². The number of carbonyl (C=O) groups excluding carboxylic acids is 6. The smallest absolute Gasteiger partial charge is 0.404 e. The van der Waals surface area contributed by atoms with E-state index in [4.69, 9.17) is 32.2 Å². The first-order chi connectivity index (χ1) is 35.3. The highest BCUT2D eigenvalue weighted by atomic mass is 35.5. The number of rotatable bonds is 20. The molecule has 23 heteroatoms. The molecule has 0 saturated heterocycles. The molecule has 0 spiro atoms. The number of nitrogens with zero attached hydrogens (tertiary/aromatic N) is 3. The fourth-order valence-electron chi connectivity index (χ4n) is 9.34. The number of anilines is 3. The molecule has 5 aromatic carbocycles. The van der Waals surface area contributed by atoms with Gasteiger partial charge in [-0.25, -0.2) is 9.13 Å². The number of imide groups is 1. The van der Waals surface area contributed by atoms with Crippen LogP contribution in [0, 0.1) is 0 Å². The van der Waals surface area contributed by atoms with Crippen LogP contribution in [0.15, 0.2) is 103 Å². The van der Waals surface area contributed by atoms with Gasteiger partial charge in [0.05, 0.1) is 11.4 Å². The van der Waals surface area contributed by atoms with Gasteiger partial charge in [0.25, 0.3) is 23.6 Å². The first-order valence-electron chi connectivity index (χ1n) is 23.3. The van der Waals surface area contributed by atoms with E-state index in [2.05, 4.69) is 10.6 Å². The second kappa shape index (κ2) is 22.8. The summed E-state index contributed by atoms with van der Waals surface area (Å²) in [6, 6.07) is 21.3. The van der Waals surface area contributed by atoms with Crippen molar-refractivity contribution in [2.75, 3.05) is 53.1 Å². The number of fused-ring (bicyclic) bond motifs is 6. The van der Waals surface area contributed by atoms with Gasteiger partial charge in [0.2, 0.25) is 11.8 Å². The molecule has 8 rings (SSSR count). The van der Waals surface area contributed by atoms with Crippen LogP contribution in [0.5, 0.6) is 11.5 Å². The molecule has 0 saturated carbocycles. The van der Waals surface area contributed by atoms with E-state index in [0.717, 1.165) is 4.90 Å². The van der Waals surface area contributed by atoms with Crippen molar-refractivity contribution in [3.63, 3.8) is 0 Å². The molecule has 0 fully saturated rings. The minimum atomic E-state index is -5.01. The van der Waals surface area contributed by atoms with E-state index in [1.165, 1.54) is 58.4 Å². The molecule has 2 atom stereocenters. The zero-order valence-electron chi connectivity index (χ0n) is 39.3. The molecule has 74 heavy (non-hydrogen) atoms. The normalized spacial score (nSPS) is 16.5. The van der Waals surface area contributed by atoms with Crippen LogP contribution in [0.3, 0.4) is 0 Å². The lowest BCUT2D eigenvalue weighted by molar-refractivity contribution is -0.137. The number of unbranched alkanes of at least 4 members (excludes halogenated alkanes) is 2. The van der Waals surface area contributed by atoms with Crippen molar-refractivity contribution in [1.29, 1.82) is 0 Å². The van der Waals surface area contributed by atoms with Gasteiger partial charge in [-0.2, -0.15) is 0 Å². The third kappa shape index (κ3) is 12.5. The van der Waals surface area contributed by atoms with Crippen LogP contribution in [0.4, 0.5) is 17.1 Å². The van der Waals surface area contributed by atoms with Crippen LogP contribution in [-0.2, 0) is 37.9 Å². The van der Waals surface area contributed by atoms with E-state index in [-0.39, 0.29) is 97.5 Å². The second-order valence-electron chi connectivity index (χ2n) is 17.6. The number of phosphoric ester groups is 2. The molecule has 6 N–H and O–H groups in total. The molecule has 386 valence electrons. The van der Waals surface area contributed by atoms with E-state index in [9.17, 15) is 57.5 Å². The van der Waals surface area contributed by atoms with Crippen LogP contribution < -0.4 is 29.5 Å². The first kappa shape index (κ1) is 53.6. The molecule has 0 radical (unpaired) electrons. The highest BCUT2D eigenvalue weighted by molar-refractivity contribution is 7.47. The number of hydrogen-bond acceptors (Lipinski definition) is 10. The SMILES string of the molecule is O=C(CCCCCN1C(=O)C=CC1=O)NCCC(=O)Nc1cc(C=CC(=O)N2C[C@@H](CCl)c3c2cc(OP(=O)(O)O)c2ccccc32)ccc1C=CC(=O)N1C[C@@H](CCl)c2c1cc(OP(=O)(O)O)c1ccccc21. The van der Waals surface area contributed by atoms with Crippen LogP contribution in [-0.4, -0.2) is 97.9 Å². The number of alkyl halides is 2. The number of phosphoric acid groups is 2. The van der Waals surface area contributed by atoms with E-state index < -0.39 is 33.4 Å². The maximum Gasteiger partial charge on any atom is 0.524 e. The van der Waals surface area contributed by atoms with Gasteiger partial charge in [0.1, 0.15) is 11.5 Å². The van der Waals surface area contributed by atoms with Crippen molar-refractivity contribution in [3.05, 3.63) is 125 Å². The van der Waals surface area contributed by atoms with Gasteiger partial charge in [-0.3, -0.25) is 53.2 Å². The maximum absolute atomic E-state index is 14.1. The Hall–Kier alpha value is -6.66.